The van der Waals surface area contributed by atoms with Crippen LogP contribution in [-0.2, 0) is 11.3 Å². The number of guanidine groups is 1. The standard InChI is InChI=1S/C22H33N5O2.HI/c1-6-23-20(24-13-18-15(3)11-14(2)12-16(18)4)27-9-7-17(8-10-27)22(5)19(28)25-21(29)26-22;/h11-12,17H,6-10,13H2,1-5H3,(H,23,24)(H2,25,26,28,29);1H. The number of halogens is 1. The maximum Gasteiger partial charge on any atom is 0.322 e. The van der Waals surface area contributed by atoms with Crippen molar-refractivity contribution in [2.75, 3.05) is 19.6 Å². The molecule has 0 aliphatic carbocycles. The molecular formula is C22H34IN5O2. The summed E-state index contributed by atoms with van der Waals surface area (Å²) in [5, 5.41) is 8.60. The van der Waals surface area contributed by atoms with E-state index in [1.165, 1.54) is 22.3 Å². The summed E-state index contributed by atoms with van der Waals surface area (Å²) in [7, 11) is 0. The fourth-order valence-electron chi connectivity index (χ4n) is 4.55. The highest BCUT2D eigenvalue weighted by molar-refractivity contribution is 14.0. The highest BCUT2D eigenvalue weighted by Gasteiger charge is 2.48. The van der Waals surface area contributed by atoms with Gasteiger partial charge in [-0.2, -0.15) is 0 Å². The molecule has 3 amide bonds. The molecule has 0 spiro atoms. The van der Waals surface area contributed by atoms with E-state index in [1.807, 2.05) is 6.92 Å². The van der Waals surface area contributed by atoms with E-state index in [4.69, 9.17) is 4.99 Å². The number of hydrogen-bond acceptors (Lipinski definition) is 3. The molecule has 3 N–H and O–H groups in total. The summed E-state index contributed by atoms with van der Waals surface area (Å²) in [4.78, 5) is 31.0. The van der Waals surface area contributed by atoms with Crippen LogP contribution in [0.5, 0.6) is 0 Å². The number of benzene rings is 1. The molecule has 0 aromatic heterocycles. The van der Waals surface area contributed by atoms with Crippen molar-refractivity contribution in [1.82, 2.24) is 20.9 Å². The Bertz CT molecular complexity index is 810. The Balaban J connectivity index is 0.00000320. The van der Waals surface area contributed by atoms with Crippen molar-refractivity contribution < 1.29 is 9.59 Å². The van der Waals surface area contributed by atoms with Crippen molar-refractivity contribution in [2.45, 2.75) is 59.5 Å². The van der Waals surface area contributed by atoms with Crippen LogP contribution in [0.4, 0.5) is 4.79 Å². The minimum absolute atomic E-state index is 0. The Kier molecular flexibility index (Phi) is 8.13. The third-order valence-electron chi connectivity index (χ3n) is 6.25. The van der Waals surface area contributed by atoms with Crippen LogP contribution in [-0.4, -0.2) is 48.0 Å². The second kappa shape index (κ2) is 9.98. The zero-order valence-corrected chi connectivity index (χ0v) is 20.9. The number of nitrogens with one attached hydrogen (secondary N) is 3. The van der Waals surface area contributed by atoms with Gasteiger partial charge in [-0.1, -0.05) is 17.7 Å². The van der Waals surface area contributed by atoms with Crippen molar-refractivity contribution >= 4 is 41.9 Å². The third kappa shape index (κ3) is 5.07. The first-order valence-corrected chi connectivity index (χ1v) is 10.5. The number of carbonyl (C=O) groups excluding carboxylic acids is 2. The SMILES string of the molecule is CCNC(=NCc1c(C)cc(C)cc1C)N1CCC(C2(C)NC(=O)NC2=O)CC1.I. The lowest BCUT2D eigenvalue weighted by molar-refractivity contribution is -0.125. The minimum atomic E-state index is -0.811. The summed E-state index contributed by atoms with van der Waals surface area (Å²) in [5.41, 5.74) is 4.29. The van der Waals surface area contributed by atoms with Gasteiger partial charge in [-0.25, -0.2) is 9.79 Å². The Morgan fingerprint density at radius 1 is 1.20 bits per heavy atom. The third-order valence-corrected chi connectivity index (χ3v) is 6.25. The average Bonchev–Trinajstić information content (AvgIpc) is 2.92. The molecule has 1 atom stereocenters. The van der Waals surface area contributed by atoms with Crippen LogP contribution in [0.1, 0.15) is 48.9 Å². The highest BCUT2D eigenvalue weighted by Crippen LogP contribution is 2.30. The van der Waals surface area contributed by atoms with Crippen LogP contribution in [0, 0.1) is 26.7 Å². The molecule has 2 aliphatic heterocycles. The monoisotopic (exact) mass is 527 g/mol. The predicted octanol–water partition coefficient (Wildman–Crippen LogP) is 3.01. The molecule has 3 rings (SSSR count). The minimum Gasteiger partial charge on any atom is -0.357 e. The smallest absolute Gasteiger partial charge is 0.322 e. The van der Waals surface area contributed by atoms with Gasteiger partial charge in [0.1, 0.15) is 5.54 Å². The van der Waals surface area contributed by atoms with Gasteiger partial charge >= 0.3 is 6.03 Å². The van der Waals surface area contributed by atoms with Gasteiger partial charge in [0.25, 0.3) is 5.91 Å². The molecule has 30 heavy (non-hydrogen) atoms. The molecule has 8 heteroatoms. The van der Waals surface area contributed by atoms with Crippen LogP contribution in [0.25, 0.3) is 0 Å². The number of imide groups is 1. The molecule has 7 nitrogen and oxygen atoms in total. The first kappa shape index (κ1) is 24.4. The summed E-state index contributed by atoms with van der Waals surface area (Å²) in [5.74, 6) is 0.817. The second-order valence-electron chi connectivity index (χ2n) is 8.42. The summed E-state index contributed by atoms with van der Waals surface area (Å²) < 4.78 is 0. The van der Waals surface area contributed by atoms with Crippen molar-refractivity contribution in [1.29, 1.82) is 0 Å². The van der Waals surface area contributed by atoms with E-state index in [0.29, 0.717) is 6.54 Å². The van der Waals surface area contributed by atoms with Crippen molar-refractivity contribution in [3.05, 3.63) is 34.4 Å². The van der Waals surface area contributed by atoms with Gasteiger partial charge in [0.15, 0.2) is 5.96 Å². The number of piperidine rings is 1. The number of aliphatic imine (C=N–C) groups is 1. The number of hydrogen-bond donors (Lipinski definition) is 3. The van der Waals surface area contributed by atoms with Gasteiger partial charge in [0.2, 0.25) is 0 Å². The largest absolute Gasteiger partial charge is 0.357 e. The van der Waals surface area contributed by atoms with E-state index in [0.717, 1.165) is 38.4 Å². The number of urea groups is 1. The van der Waals surface area contributed by atoms with E-state index >= 15 is 0 Å². The molecule has 0 bridgehead atoms. The van der Waals surface area contributed by atoms with E-state index < -0.39 is 11.6 Å². The predicted molar refractivity (Wildman–Crippen MR) is 130 cm³/mol. The molecule has 0 radical (unpaired) electrons. The van der Waals surface area contributed by atoms with Crippen molar-refractivity contribution in [2.24, 2.45) is 10.9 Å². The zero-order chi connectivity index (χ0) is 21.2. The fourth-order valence-corrected chi connectivity index (χ4v) is 4.55. The molecule has 2 aliphatic rings. The van der Waals surface area contributed by atoms with Gasteiger partial charge in [-0.3, -0.25) is 10.1 Å². The zero-order valence-electron chi connectivity index (χ0n) is 18.6. The van der Waals surface area contributed by atoms with E-state index in [-0.39, 0.29) is 35.8 Å². The topological polar surface area (TPSA) is 85.8 Å². The van der Waals surface area contributed by atoms with Gasteiger partial charge < -0.3 is 15.5 Å². The molecule has 1 aromatic carbocycles. The molecule has 166 valence electrons. The normalized spacial score (nSPS) is 22.4. The highest BCUT2D eigenvalue weighted by atomic mass is 127. The van der Waals surface area contributed by atoms with Crippen LogP contribution in [0.15, 0.2) is 17.1 Å². The molecular weight excluding hydrogens is 493 g/mol. The fraction of sp³-hybridized carbons (Fsp3) is 0.591. The molecule has 1 unspecified atom stereocenters. The van der Waals surface area contributed by atoms with Gasteiger partial charge in [-0.05, 0) is 70.1 Å². The van der Waals surface area contributed by atoms with Crippen LogP contribution < -0.4 is 16.0 Å². The summed E-state index contributed by atoms with van der Waals surface area (Å²) in [6, 6.07) is 4.02. The number of nitrogens with zero attached hydrogens (tertiary/aromatic N) is 2. The van der Waals surface area contributed by atoms with Gasteiger partial charge in [-0.15, -0.1) is 24.0 Å². The first-order valence-electron chi connectivity index (χ1n) is 10.5. The Morgan fingerprint density at radius 3 is 2.30 bits per heavy atom. The maximum atomic E-state index is 12.2. The number of rotatable bonds is 4. The average molecular weight is 527 g/mol. The second-order valence-corrected chi connectivity index (χ2v) is 8.42. The molecule has 2 heterocycles. The van der Waals surface area contributed by atoms with Crippen LogP contribution >= 0.6 is 24.0 Å². The summed E-state index contributed by atoms with van der Waals surface area (Å²) in [6.45, 7) is 13.4. The Morgan fingerprint density at radius 2 is 1.80 bits per heavy atom. The summed E-state index contributed by atoms with van der Waals surface area (Å²) in [6.07, 6.45) is 1.66. The quantitative estimate of drug-likeness (QED) is 0.243. The number of amides is 3. The van der Waals surface area contributed by atoms with Crippen LogP contribution in [0.2, 0.25) is 0 Å². The van der Waals surface area contributed by atoms with Crippen LogP contribution in [0.3, 0.4) is 0 Å². The lowest BCUT2D eigenvalue weighted by Gasteiger charge is -2.39. The number of likely N-dealkylation sites (tertiary alicyclic amines) is 1. The molecule has 2 fully saturated rings. The number of aryl methyl sites for hydroxylation is 3. The lowest BCUT2D eigenvalue weighted by atomic mass is 9.79. The van der Waals surface area contributed by atoms with E-state index in [2.05, 4.69) is 60.7 Å². The van der Waals surface area contributed by atoms with Gasteiger partial charge in [0, 0.05) is 19.6 Å². The molecule has 2 saturated heterocycles. The Labute approximate surface area is 196 Å². The summed E-state index contributed by atoms with van der Waals surface area (Å²) >= 11 is 0. The van der Waals surface area contributed by atoms with Crippen molar-refractivity contribution in [3.8, 4) is 0 Å². The van der Waals surface area contributed by atoms with Gasteiger partial charge in [0.05, 0.1) is 6.54 Å². The number of carbonyl (C=O) groups is 2. The Hall–Kier alpha value is -1.84. The van der Waals surface area contributed by atoms with Crippen molar-refractivity contribution in [3.63, 3.8) is 0 Å². The molecule has 1 aromatic rings. The first-order chi connectivity index (χ1) is 13.7. The van der Waals surface area contributed by atoms with E-state index in [1.54, 1.807) is 0 Å². The van der Waals surface area contributed by atoms with E-state index in [9.17, 15) is 9.59 Å². The lowest BCUT2D eigenvalue weighted by Crippen LogP contribution is -2.55. The maximum absolute atomic E-state index is 12.2. The molecule has 0 saturated carbocycles.